The van der Waals surface area contributed by atoms with Crippen LogP contribution in [-0.4, -0.2) is 33.2 Å². The number of hydrogen-bond acceptors (Lipinski definition) is 4. The molecule has 174 valence electrons. The average molecular weight is 459 g/mol. The highest BCUT2D eigenvalue weighted by Gasteiger charge is 2.32. The average Bonchev–Trinajstić information content (AvgIpc) is 2.77. The zero-order valence-electron chi connectivity index (χ0n) is 19.4. The molecule has 0 saturated carbocycles. The van der Waals surface area contributed by atoms with E-state index in [0.717, 1.165) is 24.7 Å². The zero-order chi connectivity index (χ0) is 23.3. The van der Waals surface area contributed by atoms with Gasteiger partial charge < -0.3 is 10.1 Å². The van der Waals surface area contributed by atoms with Gasteiger partial charge in [0.05, 0.1) is 24.6 Å². The molecule has 2 unspecified atom stereocenters. The van der Waals surface area contributed by atoms with Gasteiger partial charge >= 0.3 is 0 Å². The lowest BCUT2D eigenvalue weighted by Gasteiger charge is -2.31. The van der Waals surface area contributed by atoms with Crippen molar-refractivity contribution in [3.63, 3.8) is 0 Å². The maximum absolute atomic E-state index is 13.2. The molecule has 32 heavy (non-hydrogen) atoms. The number of sulfonamides is 1. The van der Waals surface area contributed by atoms with Crippen LogP contribution in [0.4, 0.5) is 5.69 Å². The first kappa shape index (κ1) is 24.1. The first-order valence-electron chi connectivity index (χ1n) is 11.4. The van der Waals surface area contributed by atoms with Gasteiger partial charge in [0, 0.05) is 0 Å². The van der Waals surface area contributed by atoms with Crippen LogP contribution in [0.1, 0.15) is 62.8 Å². The van der Waals surface area contributed by atoms with Gasteiger partial charge in [-0.15, -0.1) is 0 Å². The van der Waals surface area contributed by atoms with Crippen molar-refractivity contribution < 1.29 is 17.9 Å². The lowest BCUT2D eigenvalue weighted by molar-refractivity contribution is -0.122. The van der Waals surface area contributed by atoms with Gasteiger partial charge in [-0.1, -0.05) is 25.1 Å². The number of hydrogen-bond donors (Lipinski definition) is 1. The Bertz CT molecular complexity index is 1030. The highest BCUT2D eigenvalue weighted by molar-refractivity contribution is 7.92. The fourth-order valence-electron chi connectivity index (χ4n) is 4.33. The van der Waals surface area contributed by atoms with E-state index in [1.165, 1.54) is 28.3 Å². The molecule has 7 heteroatoms. The normalized spacial score (nSPS) is 15.4. The molecule has 1 amide bonds. The third-order valence-electron chi connectivity index (χ3n) is 5.96. The fraction of sp³-hybridized carbons (Fsp3) is 0.480. The summed E-state index contributed by atoms with van der Waals surface area (Å²) in [5, 5.41) is 3.04. The van der Waals surface area contributed by atoms with Crippen LogP contribution in [0, 0.1) is 0 Å². The molecule has 2 aromatic rings. The highest BCUT2D eigenvalue weighted by atomic mass is 32.2. The minimum atomic E-state index is -3.68. The SMILES string of the molecule is CCOc1ccc(N(C(CC)C(=O)NC(C)c2ccc3c(c2)CCCC3)S(C)(=O)=O)cc1. The number of nitrogens with one attached hydrogen (secondary N) is 1. The van der Waals surface area contributed by atoms with Gasteiger partial charge in [-0.2, -0.15) is 0 Å². The second kappa shape index (κ2) is 10.4. The van der Waals surface area contributed by atoms with Crippen molar-refractivity contribution in [3.05, 3.63) is 59.2 Å². The summed E-state index contributed by atoms with van der Waals surface area (Å²) in [6.45, 7) is 6.17. The molecular weight excluding hydrogens is 424 g/mol. The van der Waals surface area contributed by atoms with Crippen molar-refractivity contribution in [2.24, 2.45) is 0 Å². The number of anilines is 1. The second-order valence-corrected chi connectivity index (χ2v) is 10.2. The van der Waals surface area contributed by atoms with E-state index < -0.39 is 16.1 Å². The lowest BCUT2D eigenvalue weighted by Crippen LogP contribution is -2.49. The largest absolute Gasteiger partial charge is 0.494 e. The summed E-state index contributed by atoms with van der Waals surface area (Å²) in [4.78, 5) is 13.2. The van der Waals surface area contributed by atoms with Gasteiger partial charge in [0.15, 0.2) is 0 Å². The number of benzene rings is 2. The van der Waals surface area contributed by atoms with Crippen molar-refractivity contribution in [2.45, 2.75) is 65.0 Å². The number of ether oxygens (including phenoxy) is 1. The van der Waals surface area contributed by atoms with Crippen molar-refractivity contribution in [1.82, 2.24) is 5.32 Å². The monoisotopic (exact) mass is 458 g/mol. The van der Waals surface area contributed by atoms with Crippen molar-refractivity contribution in [3.8, 4) is 5.75 Å². The van der Waals surface area contributed by atoms with Gasteiger partial charge in [0.25, 0.3) is 0 Å². The molecule has 0 radical (unpaired) electrons. The molecule has 0 heterocycles. The number of fused-ring (bicyclic) bond motifs is 1. The molecule has 0 spiro atoms. The molecule has 0 saturated heterocycles. The number of rotatable bonds is 9. The summed E-state index contributed by atoms with van der Waals surface area (Å²) in [5.74, 6) is 0.347. The van der Waals surface area contributed by atoms with E-state index in [4.69, 9.17) is 4.74 Å². The molecule has 2 aromatic carbocycles. The molecule has 2 atom stereocenters. The van der Waals surface area contributed by atoms with Gasteiger partial charge in [-0.25, -0.2) is 8.42 Å². The summed E-state index contributed by atoms with van der Waals surface area (Å²) in [7, 11) is -3.68. The smallest absolute Gasteiger partial charge is 0.244 e. The first-order valence-corrected chi connectivity index (χ1v) is 13.2. The van der Waals surface area contributed by atoms with E-state index in [9.17, 15) is 13.2 Å². The van der Waals surface area contributed by atoms with Crippen LogP contribution in [0.2, 0.25) is 0 Å². The summed E-state index contributed by atoms with van der Waals surface area (Å²) in [6.07, 6.45) is 6.08. The van der Waals surface area contributed by atoms with Gasteiger partial charge in [0.1, 0.15) is 11.8 Å². The van der Waals surface area contributed by atoms with Gasteiger partial charge in [-0.05, 0) is 86.9 Å². The summed E-state index contributed by atoms with van der Waals surface area (Å²) >= 11 is 0. The Morgan fingerprint density at radius 3 is 2.31 bits per heavy atom. The highest BCUT2D eigenvalue weighted by Crippen LogP contribution is 2.27. The Morgan fingerprint density at radius 1 is 1.06 bits per heavy atom. The molecule has 0 aliphatic heterocycles. The molecule has 0 aromatic heterocycles. The maximum atomic E-state index is 13.2. The third kappa shape index (κ3) is 5.63. The number of amides is 1. The van der Waals surface area contributed by atoms with E-state index in [0.29, 0.717) is 24.5 Å². The molecule has 3 rings (SSSR count). The topological polar surface area (TPSA) is 75.7 Å². The Kier molecular flexibility index (Phi) is 7.82. The summed E-state index contributed by atoms with van der Waals surface area (Å²) in [6, 6.07) is 12.1. The standard InChI is InChI=1S/C25H34N2O4S/c1-5-24(27(32(4,29)30)22-13-15-23(16-14-22)31-6-2)25(28)26-18(3)20-12-11-19-9-7-8-10-21(19)17-20/h11-18,24H,5-10H2,1-4H3,(H,26,28). The Morgan fingerprint density at radius 2 is 1.72 bits per heavy atom. The quantitative estimate of drug-likeness (QED) is 0.605. The van der Waals surface area contributed by atoms with Crippen LogP contribution in [0.25, 0.3) is 0 Å². The first-order chi connectivity index (χ1) is 15.2. The summed E-state index contributed by atoms with van der Waals surface area (Å²) in [5.41, 5.74) is 4.23. The Labute approximate surface area is 192 Å². The van der Waals surface area contributed by atoms with Crippen LogP contribution < -0.4 is 14.4 Å². The number of aryl methyl sites for hydroxylation is 2. The van der Waals surface area contributed by atoms with E-state index in [1.807, 2.05) is 20.8 Å². The molecule has 1 N–H and O–H groups in total. The molecule has 1 aliphatic carbocycles. The molecule has 6 nitrogen and oxygen atoms in total. The fourth-order valence-corrected chi connectivity index (χ4v) is 5.54. The Hall–Kier alpha value is -2.54. The van der Waals surface area contributed by atoms with Crippen LogP contribution >= 0.6 is 0 Å². The molecule has 1 aliphatic rings. The van der Waals surface area contributed by atoms with Crippen LogP contribution in [0.5, 0.6) is 5.75 Å². The zero-order valence-corrected chi connectivity index (χ0v) is 20.2. The third-order valence-corrected chi connectivity index (χ3v) is 7.14. The molecular formula is C25H34N2O4S. The summed E-state index contributed by atoms with van der Waals surface area (Å²) < 4.78 is 32.0. The van der Waals surface area contributed by atoms with Crippen LogP contribution in [0.15, 0.2) is 42.5 Å². The molecule has 0 bridgehead atoms. The van der Waals surface area contributed by atoms with Gasteiger partial charge in [0.2, 0.25) is 15.9 Å². The molecule has 0 fully saturated rings. The number of carbonyl (C=O) groups excluding carboxylic acids is 1. The number of carbonyl (C=O) groups is 1. The number of nitrogens with zero attached hydrogens (tertiary/aromatic N) is 1. The second-order valence-electron chi connectivity index (χ2n) is 8.38. The van der Waals surface area contributed by atoms with E-state index in [1.54, 1.807) is 24.3 Å². The van der Waals surface area contributed by atoms with Crippen LogP contribution in [-0.2, 0) is 27.7 Å². The minimum Gasteiger partial charge on any atom is -0.494 e. The lowest BCUT2D eigenvalue weighted by atomic mass is 9.89. The van der Waals surface area contributed by atoms with Crippen molar-refractivity contribution in [2.75, 3.05) is 17.2 Å². The van der Waals surface area contributed by atoms with E-state index >= 15 is 0 Å². The predicted octanol–water partition coefficient (Wildman–Crippen LogP) is 4.39. The van der Waals surface area contributed by atoms with E-state index in [2.05, 4.69) is 23.5 Å². The van der Waals surface area contributed by atoms with Gasteiger partial charge in [-0.3, -0.25) is 9.10 Å². The minimum absolute atomic E-state index is 0.217. The van der Waals surface area contributed by atoms with Crippen molar-refractivity contribution in [1.29, 1.82) is 0 Å². The maximum Gasteiger partial charge on any atom is 0.244 e. The Balaban J connectivity index is 1.81. The predicted molar refractivity (Wildman–Crippen MR) is 129 cm³/mol. The van der Waals surface area contributed by atoms with E-state index in [-0.39, 0.29) is 11.9 Å². The van der Waals surface area contributed by atoms with Crippen molar-refractivity contribution >= 4 is 21.6 Å². The van der Waals surface area contributed by atoms with Crippen LogP contribution in [0.3, 0.4) is 0 Å².